The van der Waals surface area contributed by atoms with E-state index in [1.807, 2.05) is 25.3 Å². The third-order valence-corrected chi connectivity index (χ3v) is 2.91. The summed E-state index contributed by atoms with van der Waals surface area (Å²) in [6, 6.07) is 3.84. The van der Waals surface area contributed by atoms with Gasteiger partial charge in [0.1, 0.15) is 0 Å². The molecule has 0 spiro atoms. The van der Waals surface area contributed by atoms with Crippen molar-refractivity contribution in [1.82, 2.24) is 4.98 Å². The zero-order valence-electron chi connectivity index (χ0n) is 6.49. The molecule has 0 radical (unpaired) electrons. The summed E-state index contributed by atoms with van der Waals surface area (Å²) in [5.74, 6) is 0. The monoisotopic (exact) mass is 243 g/mol. The molecule has 3 heteroatoms. The highest BCUT2D eigenvalue weighted by molar-refractivity contribution is 9.10. The molecule has 0 aliphatic rings. The molecule has 1 N–H and O–H groups in total. The summed E-state index contributed by atoms with van der Waals surface area (Å²) >= 11 is 9.49. The number of hydrogen-bond donors (Lipinski definition) is 1. The lowest BCUT2D eigenvalue weighted by Gasteiger charge is -1.97. The Morgan fingerprint density at radius 3 is 2.83 bits per heavy atom. The predicted molar refractivity (Wildman–Crippen MR) is 55.7 cm³/mol. The Balaban J connectivity index is 2.98. The Labute approximate surface area is 83.9 Å². The molecule has 0 saturated carbocycles. The Kier molecular flexibility index (Phi) is 1.89. The lowest BCUT2D eigenvalue weighted by atomic mass is 10.2. The average molecular weight is 245 g/mol. The van der Waals surface area contributed by atoms with Gasteiger partial charge in [-0.15, -0.1) is 0 Å². The van der Waals surface area contributed by atoms with Gasteiger partial charge in [0, 0.05) is 16.1 Å². The van der Waals surface area contributed by atoms with Gasteiger partial charge in [0.25, 0.3) is 0 Å². The standard InChI is InChI=1S/C9H7BrClN/c1-5-4-12-9-6(10)2-3-7(11)8(5)9/h2-4,12H,1H3. The molecule has 62 valence electrons. The van der Waals surface area contributed by atoms with Crippen molar-refractivity contribution in [3.8, 4) is 0 Å². The van der Waals surface area contributed by atoms with Crippen LogP contribution in [-0.2, 0) is 0 Å². The number of fused-ring (bicyclic) bond motifs is 1. The van der Waals surface area contributed by atoms with E-state index < -0.39 is 0 Å². The van der Waals surface area contributed by atoms with Gasteiger partial charge in [0.05, 0.1) is 10.5 Å². The second-order valence-corrected chi connectivity index (χ2v) is 4.01. The molecule has 0 fully saturated rings. The fourth-order valence-electron chi connectivity index (χ4n) is 1.33. The number of rotatable bonds is 0. The number of aromatic amines is 1. The van der Waals surface area contributed by atoms with Crippen molar-refractivity contribution in [2.24, 2.45) is 0 Å². The van der Waals surface area contributed by atoms with E-state index in [2.05, 4.69) is 20.9 Å². The van der Waals surface area contributed by atoms with Gasteiger partial charge in [-0.2, -0.15) is 0 Å². The van der Waals surface area contributed by atoms with Crippen molar-refractivity contribution in [3.05, 3.63) is 33.4 Å². The predicted octanol–water partition coefficient (Wildman–Crippen LogP) is 3.89. The Hall–Kier alpha value is -0.470. The maximum Gasteiger partial charge on any atom is 0.0616 e. The van der Waals surface area contributed by atoms with Crippen LogP contribution in [0, 0.1) is 6.92 Å². The van der Waals surface area contributed by atoms with Crippen LogP contribution in [-0.4, -0.2) is 4.98 Å². The molecule has 0 bridgehead atoms. The number of halogens is 2. The lowest BCUT2D eigenvalue weighted by molar-refractivity contribution is 1.42. The van der Waals surface area contributed by atoms with Crippen LogP contribution in [0.5, 0.6) is 0 Å². The van der Waals surface area contributed by atoms with Crippen molar-refractivity contribution < 1.29 is 0 Å². The van der Waals surface area contributed by atoms with E-state index in [-0.39, 0.29) is 0 Å². The van der Waals surface area contributed by atoms with Gasteiger partial charge in [0.15, 0.2) is 0 Å². The second-order valence-electron chi connectivity index (χ2n) is 2.75. The van der Waals surface area contributed by atoms with E-state index in [1.54, 1.807) is 0 Å². The first-order chi connectivity index (χ1) is 5.70. The first-order valence-corrected chi connectivity index (χ1v) is 4.79. The summed E-state index contributed by atoms with van der Waals surface area (Å²) in [5.41, 5.74) is 2.25. The summed E-state index contributed by atoms with van der Waals surface area (Å²) < 4.78 is 1.05. The Morgan fingerprint density at radius 1 is 1.42 bits per heavy atom. The number of aromatic nitrogens is 1. The van der Waals surface area contributed by atoms with Crippen molar-refractivity contribution in [1.29, 1.82) is 0 Å². The van der Waals surface area contributed by atoms with Gasteiger partial charge in [-0.3, -0.25) is 0 Å². The van der Waals surface area contributed by atoms with Crippen LogP contribution in [0.4, 0.5) is 0 Å². The largest absolute Gasteiger partial charge is 0.360 e. The Bertz CT molecular complexity index is 433. The molecule has 0 atom stereocenters. The fraction of sp³-hybridized carbons (Fsp3) is 0.111. The van der Waals surface area contributed by atoms with Gasteiger partial charge in [0.2, 0.25) is 0 Å². The minimum atomic E-state index is 0.798. The average Bonchev–Trinajstić information content (AvgIpc) is 2.42. The minimum Gasteiger partial charge on any atom is -0.360 e. The summed E-state index contributed by atoms with van der Waals surface area (Å²) in [4.78, 5) is 3.17. The molecule has 12 heavy (non-hydrogen) atoms. The number of aryl methyl sites for hydroxylation is 1. The zero-order chi connectivity index (χ0) is 8.72. The van der Waals surface area contributed by atoms with Gasteiger partial charge >= 0.3 is 0 Å². The number of benzene rings is 1. The molecule has 0 saturated heterocycles. The molecule has 0 aliphatic carbocycles. The molecule has 2 aromatic rings. The van der Waals surface area contributed by atoms with E-state index in [1.165, 1.54) is 5.56 Å². The summed E-state index contributed by atoms with van der Waals surface area (Å²) in [5, 5.41) is 1.90. The van der Waals surface area contributed by atoms with E-state index in [4.69, 9.17) is 11.6 Å². The maximum absolute atomic E-state index is 6.03. The molecule has 2 rings (SSSR count). The second kappa shape index (κ2) is 2.79. The third-order valence-electron chi connectivity index (χ3n) is 1.93. The highest BCUT2D eigenvalue weighted by Crippen LogP contribution is 2.31. The minimum absolute atomic E-state index is 0.798. The molecule has 1 heterocycles. The molecule has 1 aromatic carbocycles. The first kappa shape index (κ1) is 8.14. The molecular formula is C9H7BrClN. The first-order valence-electron chi connectivity index (χ1n) is 3.62. The van der Waals surface area contributed by atoms with Crippen LogP contribution in [0.2, 0.25) is 5.02 Å². The summed E-state index contributed by atoms with van der Waals surface area (Å²) in [6.45, 7) is 2.04. The fourth-order valence-corrected chi connectivity index (χ4v) is 2.08. The van der Waals surface area contributed by atoms with E-state index in [0.29, 0.717) is 0 Å². The van der Waals surface area contributed by atoms with E-state index >= 15 is 0 Å². The van der Waals surface area contributed by atoms with E-state index in [9.17, 15) is 0 Å². The maximum atomic E-state index is 6.03. The molecule has 0 aliphatic heterocycles. The van der Waals surface area contributed by atoms with Gasteiger partial charge < -0.3 is 4.98 Å². The Morgan fingerprint density at radius 2 is 2.17 bits per heavy atom. The molecule has 0 unspecified atom stereocenters. The lowest BCUT2D eigenvalue weighted by Crippen LogP contribution is -1.73. The zero-order valence-corrected chi connectivity index (χ0v) is 8.83. The third kappa shape index (κ3) is 1.06. The van der Waals surface area contributed by atoms with Gasteiger partial charge in [-0.25, -0.2) is 0 Å². The van der Waals surface area contributed by atoms with Crippen LogP contribution in [0.1, 0.15) is 5.56 Å². The number of nitrogens with one attached hydrogen (secondary N) is 1. The van der Waals surface area contributed by atoms with Crippen molar-refractivity contribution >= 4 is 38.4 Å². The van der Waals surface area contributed by atoms with Crippen LogP contribution in [0.15, 0.2) is 22.8 Å². The quantitative estimate of drug-likeness (QED) is 0.724. The summed E-state index contributed by atoms with van der Waals surface area (Å²) in [7, 11) is 0. The summed E-state index contributed by atoms with van der Waals surface area (Å²) in [6.07, 6.45) is 1.96. The topological polar surface area (TPSA) is 15.8 Å². The smallest absolute Gasteiger partial charge is 0.0616 e. The van der Waals surface area contributed by atoms with Crippen molar-refractivity contribution in [3.63, 3.8) is 0 Å². The van der Waals surface area contributed by atoms with E-state index in [0.717, 1.165) is 20.4 Å². The normalized spacial score (nSPS) is 10.9. The number of hydrogen-bond acceptors (Lipinski definition) is 0. The molecular weight excluding hydrogens is 237 g/mol. The van der Waals surface area contributed by atoms with Crippen molar-refractivity contribution in [2.45, 2.75) is 6.92 Å². The van der Waals surface area contributed by atoms with Gasteiger partial charge in [-0.05, 0) is 40.5 Å². The van der Waals surface area contributed by atoms with Crippen molar-refractivity contribution in [2.75, 3.05) is 0 Å². The number of H-pyrrole nitrogens is 1. The highest BCUT2D eigenvalue weighted by atomic mass is 79.9. The molecule has 1 aromatic heterocycles. The van der Waals surface area contributed by atoms with Gasteiger partial charge in [-0.1, -0.05) is 11.6 Å². The molecule has 1 nitrogen and oxygen atoms in total. The van der Waals surface area contributed by atoms with Crippen LogP contribution in [0.25, 0.3) is 10.9 Å². The van der Waals surface area contributed by atoms with Crippen LogP contribution < -0.4 is 0 Å². The van der Waals surface area contributed by atoms with Crippen LogP contribution in [0.3, 0.4) is 0 Å². The SMILES string of the molecule is Cc1c[nH]c2c(Br)ccc(Cl)c12. The van der Waals surface area contributed by atoms with Crippen LogP contribution >= 0.6 is 27.5 Å². The highest BCUT2D eigenvalue weighted by Gasteiger charge is 2.06. The molecule has 0 amide bonds.